The first-order chi connectivity index (χ1) is 6.90. The van der Waals surface area contributed by atoms with Crippen LogP contribution in [-0.2, 0) is 6.42 Å². The summed E-state index contributed by atoms with van der Waals surface area (Å²) in [5, 5.41) is 0.195. The van der Waals surface area contributed by atoms with Crippen LogP contribution in [0, 0.1) is 0 Å². The molecule has 0 saturated carbocycles. The molecule has 0 fully saturated rings. The highest BCUT2D eigenvalue weighted by Gasteiger charge is 2.31. The summed E-state index contributed by atoms with van der Waals surface area (Å²) in [6, 6.07) is 3.93. The highest BCUT2D eigenvalue weighted by atomic mass is 35.5. The van der Waals surface area contributed by atoms with Gasteiger partial charge >= 0.3 is 6.36 Å². The Morgan fingerprint density at radius 2 is 1.93 bits per heavy atom. The lowest BCUT2D eigenvalue weighted by Crippen LogP contribution is -2.17. The Morgan fingerprint density at radius 1 is 1.27 bits per heavy atom. The summed E-state index contributed by atoms with van der Waals surface area (Å²) in [4.78, 5) is 0. The molecule has 1 aromatic rings. The van der Waals surface area contributed by atoms with Crippen LogP contribution in [0.15, 0.2) is 18.2 Å². The fourth-order valence-corrected chi connectivity index (χ4v) is 1.37. The molecular weight excluding hydrogens is 231 g/mol. The molecule has 0 atom stereocenters. The lowest BCUT2D eigenvalue weighted by Gasteiger charge is -2.10. The van der Waals surface area contributed by atoms with Crippen molar-refractivity contribution in [1.82, 2.24) is 0 Å². The van der Waals surface area contributed by atoms with Gasteiger partial charge in [-0.05, 0) is 36.7 Å². The maximum Gasteiger partial charge on any atom is 0.573 e. The zero-order valence-corrected chi connectivity index (χ0v) is 8.40. The number of hydrogen-bond acceptors (Lipinski definition) is 2. The molecule has 0 heterocycles. The predicted molar refractivity (Wildman–Crippen MR) is 50.9 cm³/mol. The molecule has 0 aliphatic rings. The van der Waals surface area contributed by atoms with E-state index in [2.05, 4.69) is 4.74 Å². The Balaban J connectivity index is 2.88. The zero-order valence-electron chi connectivity index (χ0n) is 7.64. The van der Waals surface area contributed by atoms with E-state index in [9.17, 15) is 13.2 Å². The van der Waals surface area contributed by atoms with E-state index in [-0.39, 0.29) is 10.8 Å². The van der Waals surface area contributed by atoms with E-state index in [1.165, 1.54) is 6.07 Å². The van der Waals surface area contributed by atoms with Crippen molar-refractivity contribution in [3.63, 3.8) is 0 Å². The summed E-state index contributed by atoms with van der Waals surface area (Å²) >= 11 is 5.63. The van der Waals surface area contributed by atoms with Gasteiger partial charge in [-0.1, -0.05) is 11.6 Å². The third-order valence-corrected chi connectivity index (χ3v) is 1.82. The van der Waals surface area contributed by atoms with Gasteiger partial charge in [0.15, 0.2) is 0 Å². The molecule has 1 aromatic carbocycles. The summed E-state index contributed by atoms with van der Waals surface area (Å²) < 4.78 is 39.4. The summed E-state index contributed by atoms with van der Waals surface area (Å²) in [7, 11) is 0. The van der Waals surface area contributed by atoms with Crippen molar-refractivity contribution < 1.29 is 17.9 Å². The number of alkyl halides is 3. The summed E-state index contributed by atoms with van der Waals surface area (Å²) in [5.74, 6) is -0.321. The lowest BCUT2D eigenvalue weighted by atomic mass is 10.1. The fourth-order valence-electron chi connectivity index (χ4n) is 1.12. The van der Waals surface area contributed by atoms with Gasteiger partial charge in [-0.2, -0.15) is 0 Å². The molecular formula is C9H9ClF3NO. The third kappa shape index (κ3) is 4.40. The first-order valence-corrected chi connectivity index (χ1v) is 4.54. The number of nitrogens with two attached hydrogens (primary N) is 1. The molecule has 0 spiro atoms. The first-order valence-electron chi connectivity index (χ1n) is 4.16. The van der Waals surface area contributed by atoms with E-state index in [0.717, 1.165) is 6.07 Å². The van der Waals surface area contributed by atoms with Gasteiger partial charge in [0.05, 0.1) is 0 Å². The molecule has 2 N–H and O–H groups in total. The highest BCUT2D eigenvalue weighted by Crippen LogP contribution is 2.27. The molecule has 84 valence electrons. The number of hydrogen-bond donors (Lipinski definition) is 1. The Morgan fingerprint density at radius 3 is 2.47 bits per heavy atom. The van der Waals surface area contributed by atoms with Crippen molar-refractivity contribution in [3.05, 3.63) is 28.8 Å². The highest BCUT2D eigenvalue weighted by molar-refractivity contribution is 6.30. The van der Waals surface area contributed by atoms with Gasteiger partial charge in [0.1, 0.15) is 5.75 Å². The maximum atomic E-state index is 11.9. The van der Waals surface area contributed by atoms with Crippen LogP contribution in [0.1, 0.15) is 5.56 Å². The third-order valence-electron chi connectivity index (χ3n) is 1.60. The van der Waals surface area contributed by atoms with Crippen LogP contribution in [0.5, 0.6) is 5.75 Å². The Kier molecular flexibility index (Phi) is 3.82. The topological polar surface area (TPSA) is 35.2 Å². The second-order valence-corrected chi connectivity index (χ2v) is 3.32. The first kappa shape index (κ1) is 12.1. The maximum absolute atomic E-state index is 11.9. The fraction of sp³-hybridized carbons (Fsp3) is 0.333. The van der Waals surface area contributed by atoms with E-state index in [0.29, 0.717) is 18.5 Å². The Labute approximate surface area is 89.8 Å². The van der Waals surface area contributed by atoms with Crippen LogP contribution in [0.3, 0.4) is 0 Å². The molecule has 0 unspecified atom stereocenters. The summed E-state index contributed by atoms with van der Waals surface area (Å²) in [6.07, 6.45) is -4.25. The van der Waals surface area contributed by atoms with E-state index in [1.807, 2.05) is 0 Å². The minimum absolute atomic E-state index is 0.195. The van der Waals surface area contributed by atoms with Crippen molar-refractivity contribution in [2.24, 2.45) is 5.73 Å². The average Bonchev–Trinajstić information content (AvgIpc) is 1.99. The lowest BCUT2D eigenvalue weighted by molar-refractivity contribution is -0.274. The molecule has 0 aromatic heterocycles. The quantitative estimate of drug-likeness (QED) is 0.880. The van der Waals surface area contributed by atoms with Crippen LogP contribution in [0.2, 0.25) is 5.02 Å². The van der Waals surface area contributed by atoms with Gasteiger partial charge < -0.3 is 10.5 Å². The van der Waals surface area contributed by atoms with Crippen LogP contribution in [-0.4, -0.2) is 12.9 Å². The zero-order chi connectivity index (χ0) is 11.5. The van der Waals surface area contributed by atoms with Crippen LogP contribution >= 0.6 is 11.6 Å². The van der Waals surface area contributed by atoms with Gasteiger partial charge in [-0.15, -0.1) is 13.2 Å². The van der Waals surface area contributed by atoms with Crippen molar-refractivity contribution in [1.29, 1.82) is 0 Å². The summed E-state index contributed by atoms with van der Waals surface area (Å²) in [6.45, 7) is 0.339. The molecule has 0 amide bonds. The predicted octanol–water partition coefficient (Wildman–Crippen LogP) is 2.74. The van der Waals surface area contributed by atoms with Crippen molar-refractivity contribution in [2.45, 2.75) is 12.8 Å². The molecule has 0 aliphatic heterocycles. The second-order valence-electron chi connectivity index (χ2n) is 2.88. The molecule has 2 nitrogen and oxygen atoms in total. The molecule has 0 saturated heterocycles. The average molecular weight is 240 g/mol. The summed E-state index contributed by atoms with van der Waals surface area (Å²) in [5.41, 5.74) is 5.90. The second kappa shape index (κ2) is 4.72. The molecule has 15 heavy (non-hydrogen) atoms. The van der Waals surface area contributed by atoms with E-state index < -0.39 is 6.36 Å². The SMILES string of the molecule is NCCc1cc(Cl)cc(OC(F)(F)F)c1. The van der Waals surface area contributed by atoms with E-state index in [4.69, 9.17) is 17.3 Å². The minimum Gasteiger partial charge on any atom is -0.406 e. The van der Waals surface area contributed by atoms with Gasteiger partial charge in [0, 0.05) is 5.02 Å². The monoisotopic (exact) mass is 239 g/mol. The largest absolute Gasteiger partial charge is 0.573 e. The van der Waals surface area contributed by atoms with Gasteiger partial charge in [0.2, 0.25) is 0 Å². The van der Waals surface area contributed by atoms with E-state index >= 15 is 0 Å². The van der Waals surface area contributed by atoms with Gasteiger partial charge in [-0.25, -0.2) is 0 Å². The van der Waals surface area contributed by atoms with Crippen molar-refractivity contribution in [3.8, 4) is 5.75 Å². The van der Waals surface area contributed by atoms with Gasteiger partial charge in [-0.3, -0.25) is 0 Å². The van der Waals surface area contributed by atoms with Crippen LogP contribution in [0.25, 0.3) is 0 Å². The smallest absolute Gasteiger partial charge is 0.406 e. The van der Waals surface area contributed by atoms with Crippen molar-refractivity contribution >= 4 is 11.6 Å². The standard InChI is InChI=1S/C9H9ClF3NO/c10-7-3-6(1-2-14)4-8(5-7)15-9(11,12)13/h3-5H,1-2,14H2. The Hall–Kier alpha value is -0.940. The normalized spacial score (nSPS) is 11.5. The molecule has 6 heteroatoms. The molecule has 0 bridgehead atoms. The number of benzene rings is 1. The van der Waals surface area contributed by atoms with Crippen LogP contribution < -0.4 is 10.5 Å². The van der Waals surface area contributed by atoms with Crippen LogP contribution in [0.4, 0.5) is 13.2 Å². The van der Waals surface area contributed by atoms with Crippen molar-refractivity contribution in [2.75, 3.05) is 6.54 Å². The number of halogens is 4. The molecule has 0 aliphatic carbocycles. The number of ether oxygens (including phenoxy) is 1. The molecule has 0 radical (unpaired) electrons. The van der Waals surface area contributed by atoms with Gasteiger partial charge in [0.25, 0.3) is 0 Å². The minimum atomic E-state index is -4.70. The molecule has 1 rings (SSSR count). The van der Waals surface area contributed by atoms with E-state index in [1.54, 1.807) is 6.07 Å². The Bertz CT molecular complexity index is 341. The number of rotatable bonds is 3.